The van der Waals surface area contributed by atoms with Gasteiger partial charge < -0.3 is 24.4 Å². The maximum Gasteiger partial charge on any atom is 0.273 e. The molecule has 0 radical (unpaired) electrons. The summed E-state index contributed by atoms with van der Waals surface area (Å²) in [5.41, 5.74) is 0.807. The average Bonchev–Trinajstić information content (AvgIpc) is 3.28. The van der Waals surface area contributed by atoms with E-state index in [2.05, 4.69) is 5.32 Å². The van der Waals surface area contributed by atoms with E-state index in [-0.39, 0.29) is 24.4 Å². The van der Waals surface area contributed by atoms with Gasteiger partial charge in [0.2, 0.25) is 5.91 Å². The number of aromatic nitrogens is 2. The van der Waals surface area contributed by atoms with Crippen molar-refractivity contribution < 1.29 is 23.8 Å². The Balaban J connectivity index is 1.66. The van der Waals surface area contributed by atoms with Gasteiger partial charge in [0.15, 0.2) is 11.5 Å². The summed E-state index contributed by atoms with van der Waals surface area (Å²) in [6.07, 6.45) is 5.39. The zero-order valence-electron chi connectivity index (χ0n) is 20.4. The molecule has 0 saturated heterocycles. The Labute approximate surface area is 200 Å². The summed E-state index contributed by atoms with van der Waals surface area (Å²) in [4.78, 5) is 28.7. The van der Waals surface area contributed by atoms with Crippen molar-refractivity contribution >= 4 is 11.8 Å². The molecule has 1 aliphatic carbocycles. The van der Waals surface area contributed by atoms with E-state index < -0.39 is 5.54 Å². The number of ether oxygens (including phenoxy) is 3. The largest absolute Gasteiger partial charge is 0.493 e. The molecule has 0 spiro atoms. The number of fused-ring (bicyclic) bond motifs is 1. The summed E-state index contributed by atoms with van der Waals surface area (Å²) in [5, 5.41) is 7.91. The number of benzene rings is 1. The van der Waals surface area contributed by atoms with E-state index >= 15 is 0 Å². The fourth-order valence-corrected chi connectivity index (χ4v) is 4.90. The number of amides is 2. The first-order valence-corrected chi connectivity index (χ1v) is 11.8. The lowest BCUT2D eigenvalue weighted by Crippen LogP contribution is -2.65. The van der Waals surface area contributed by atoms with Crippen LogP contribution in [-0.2, 0) is 16.1 Å². The Morgan fingerprint density at radius 2 is 1.85 bits per heavy atom. The minimum absolute atomic E-state index is 0.141. The molecule has 1 saturated carbocycles. The van der Waals surface area contributed by atoms with Crippen LogP contribution in [0.4, 0.5) is 0 Å². The summed E-state index contributed by atoms with van der Waals surface area (Å²) >= 11 is 0. The van der Waals surface area contributed by atoms with Gasteiger partial charge in [-0.25, -0.2) is 0 Å². The van der Waals surface area contributed by atoms with Crippen molar-refractivity contribution in [3.8, 4) is 22.8 Å². The van der Waals surface area contributed by atoms with E-state index in [1.54, 1.807) is 43.0 Å². The highest BCUT2D eigenvalue weighted by Gasteiger charge is 2.48. The van der Waals surface area contributed by atoms with Crippen LogP contribution in [0, 0.1) is 0 Å². The smallest absolute Gasteiger partial charge is 0.273 e. The second-order valence-electron chi connectivity index (χ2n) is 9.17. The molecule has 4 rings (SSSR count). The third kappa shape index (κ3) is 4.49. The van der Waals surface area contributed by atoms with Crippen LogP contribution in [0.15, 0.2) is 24.3 Å². The van der Waals surface area contributed by atoms with Gasteiger partial charge in [-0.05, 0) is 44.0 Å². The van der Waals surface area contributed by atoms with Crippen LogP contribution < -0.4 is 14.8 Å². The molecule has 0 bridgehead atoms. The molecular weight excluding hydrogens is 436 g/mol. The van der Waals surface area contributed by atoms with Crippen molar-refractivity contribution in [1.82, 2.24) is 20.0 Å². The lowest BCUT2D eigenvalue weighted by atomic mass is 9.91. The van der Waals surface area contributed by atoms with Crippen LogP contribution in [0.25, 0.3) is 11.3 Å². The number of rotatable bonds is 8. The molecule has 2 aliphatic rings. The minimum Gasteiger partial charge on any atom is -0.493 e. The Morgan fingerprint density at radius 1 is 1.12 bits per heavy atom. The molecule has 1 aliphatic heterocycles. The van der Waals surface area contributed by atoms with Gasteiger partial charge in [-0.2, -0.15) is 5.10 Å². The van der Waals surface area contributed by atoms with Gasteiger partial charge in [-0.3, -0.25) is 14.3 Å². The van der Waals surface area contributed by atoms with Crippen molar-refractivity contribution in [3.05, 3.63) is 30.0 Å². The van der Waals surface area contributed by atoms with Gasteiger partial charge >= 0.3 is 0 Å². The lowest BCUT2D eigenvalue weighted by Gasteiger charge is -2.44. The monoisotopic (exact) mass is 470 g/mol. The highest BCUT2D eigenvalue weighted by atomic mass is 16.5. The van der Waals surface area contributed by atoms with Crippen molar-refractivity contribution in [2.45, 2.75) is 57.2 Å². The zero-order valence-corrected chi connectivity index (χ0v) is 20.4. The fraction of sp³-hybridized carbons (Fsp3) is 0.560. The maximum absolute atomic E-state index is 13.6. The van der Waals surface area contributed by atoms with Crippen LogP contribution in [0.3, 0.4) is 0 Å². The van der Waals surface area contributed by atoms with Gasteiger partial charge in [-0.15, -0.1) is 0 Å². The van der Waals surface area contributed by atoms with Crippen LogP contribution in [0.1, 0.15) is 49.5 Å². The first kappa shape index (κ1) is 24.1. The third-order valence-electron chi connectivity index (χ3n) is 6.93. The number of carbonyl (C=O) groups is 2. The Kier molecular flexibility index (Phi) is 7.11. The molecular formula is C25H34N4O5. The number of hydrogen-bond acceptors (Lipinski definition) is 6. The van der Waals surface area contributed by atoms with E-state index in [1.165, 1.54) is 6.42 Å². The molecule has 1 N–H and O–H groups in total. The fourth-order valence-electron chi connectivity index (χ4n) is 4.90. The molecule has 2 amide bonds. The topological polar surface area (TPSA) is 94.9 Å². The minimum atomic E-state index is -1.07. The summed E-state index contributed by atoms with van der Waals surface area (Å²) in [7, 11) is 4.75. The average molecular weight is 471 g/mol. The molecule has 34 heavy (non-hydrogen) atoms. The van der Waals surface area contributed by atoms with Crippen molar-refractivity contribution in [3.63, 3.8) is 0 Å². The normalized spacial score (nSPS) is 20.7. The molecule has 184 valence electrons. The summed E-state index contributed by atoms with van der Waals surface area (Å²) < 4.78 is 17.6. The standard InChI is InChI=1S/C25H34N4O5/c1-25(24(31)26-18-8-6-5-7-9-18)16-29-20(23(30)28(25)12-13-32-2)15-19(27-29)17-10-11-21(33-3)22(14-17)34-4/h10-11,14-15,18H,5-9,12-13,16H2,1-4H3,(H,26,31). The van der Waals surface area contributed by atoms with Gasteiger partial charge in [-0.1, -0.05) is 19.3 Å². The van der Waals surface area contributed by atoms with Crippen LogP contribution >= 0.6 is 0 Å². The SMILES string of the molecule is COCCN1C(=O)c2cc(-c3ccc(OC)c(OC)c3)nn2CC1(C)C(=O)NC1CCCCC1. The predicted molar refractivity (Wildman–Crippen MR) is 127 cm³/mol. The van der Waals surface area contributed by atoms with E-state index in [0.717, 1.165) is 31.2 Å². The summed E-state index contributed by atoms with van der Waals surface area (Å²) in [6, 6.07) is 7.43. The molecule has 1 aromatic heterocycles. The van der Waals surface area contributed by atoms with Crippen LogP contribution in [-0.4, -0.2) is 72.6 Å². The van der Waals surface area contributed by atoms with Crippen LogP contribution in [0.5, 0.6) is 11.5 Å². The molecule has 1 unspecified atom stereocenters. The molecule has 2 aromatic rings. The highest BCUT2D eigenvalue weighted by molar-refractivity contribution is 6.00. The van der Waals surface area contributed by atoms with E-state index in [9.17, 15) is 9.59 Å². The Bertz CT molecular complexity index is 1050. The molecule has 1 atom stereocenters. The van der Waals surface area contributed by atoms with E-state index in [1.807, 2.05) is 19.1 Å². The number of nitrogens with one attached hydrogen (secondary N) is 1. The number of methoxy groups -OCH3 is 3. The molecule has 1 aromatic carbocycles. The van der Waals surface area contributed by atoms with Crippen LogP contribution in [0.2, 0.25) is 0 Å². The van der Waals surface area contributed by atoms with Crippen molar-refractivity contribution in [2.75, 3.05) is 34.5 Å². The zero-order chi connectivity index (χ0) is 24.3. The molecule has 1 fully saturated rings. The van der Waals surface area contributed by atoms with Gasteiger partial charge in [0.1, 0.15) is 11.2 Å². The lowest BCUT2D eigenvalue weighted by molar-refractivity contribution is -0.134. The summed E-state index contributed by atoms with van der Waals surface area (Å²) in [5.74, 6) is 0.821. The quantitative estimate of drug-likeness (QED) is 0.638. The van der Waals surface area contributed by atoms with Gasteiger partial charge in [0.25, 0.3) is 5.91 Å². The van der Waals surface area contributed by atoms with E-state index in [0.29, 0.717) is 36.0 Å². The van der Waals surface area contributed by atoms with Crippen molar-refractivity contribution in [2.24, 2.45) is 0 Å². The molecule has 9 heteroatoms. The van der Waals surface area contributed by atoms with E-state index in [4.69, 9.17) is 19.3 Å². The predicted octanol–water partition coefficient (Wildman–Crippen LogP) is 2.88. The maximum atomic E-state index is 13.6. The van der Waals surface area contributed by atoms with Gasteiger partial charge in [0, 0.05) is 25.3 Å². The third-order valence-corrected chi connectivity index (χ3v) is 6.93. The highest BCUT2D eigenvalue weighted by Crippen LogP contribution is 2.34. The first-order valence-electron chi connectivity index (χ1n) is 11.8. The Hall–Kier alpha value is -3.07. The number of hydrogen-bond donors (Lipinski definition) is 1. The summed E-state index contributed by atoms with van der Waals surface area (Å²) in [6.45, 7) is 2.75. The Morgan fingerprint density at radius 3 is 2.53 bits per heavy atom. The van der Waals surface area contributed by atoms with Crippen molar-refractivity contribution in [1.29, 1.82) is 0 Å². The molecule has 9 nitrogen and oxygen atoms in total. The van der Waals surface area contributed by atoms with Gasteiger partial charge in [0.05, 0.1) is 33.1 Å². The second-order valence-corrected chi connectivity index (χ2v) is 9.17. The number of carbonyl (C=O) groups excluding carboxylic acids is 2. The second kappa shape index (κ2) is 10.0. The number of nitrogens with zero attached hydrogens (tertiary/aromatic N) is 3. The molecule has 2 heterocycles. The first-order chi connectivity index (χ1) is 16.4.